The Morgan fingerprint density at radius 2 is 1.90 bits per heavy atom. The Morgan fingerprint density at radius 1 is 1.10 bits per heavy atom. The number of rotatable bonds is 6. The van der Waals surface area contributed by atoms with Gasteiger partial charge in [-0.2, -0.15) is 0 Å². The molecular formula is C23H30N6O. The van der Waals surface area contributed by atoms with E-state index < -0.39 is 0 Å². The minimum atomic E-state index is 0.727. The molecule has 0 amide bonds. The molecule has 3 aromatic rings. The Balaban J connectivity index is 1.34. The van der Waals surface area contributed by atoms with E-state index in [1.54, 1.807) is 7.11 Å². The van der Waals surface area contributed by atoms with Crippen molar-refractivity contribution >= 4 is 17.3 Å². The van der Waals surface area contributed by atoms with E-state index >= 15 is 0 Å². The van der Waals surface area contributed by atoms with Crippen molar-refractivity contribution in [3.8, 4) is 5.75 Å². The average Bonchev–Trinajstić information content (AvgIpc) is 3.21. The molecule has 1 aromatic carbocycles. The third kappa shape index (κ3) is 4.67. The molecule has 2 aromatic heterocycles. The van der Waals surface area contributed by atoms with Crippen LogP contribution in [-0.4, -0.2) is 66.6 Å². The second-order valence-electron chi connectivity index (χ2n) is 7.36. The minimum absolute atomic E-state index is 0.727. The number of ether oxygens (including phenoxy) is 1. The number of aromatic nitrogens is 2. The van der Waals surface area contributed by atoms with E-state index in [9.17, 15) is 0 Å². The molecule has 0 radical (unpaired) electrons. The predicted octanol–water partition coefficient (Wildman–Crippen LogP) is 2.67. The molecule has 0 unspecified atom stereocenters. The Labute approximate surface area is 178 Å². The molecule has 1 aliphatic heterocycles. The SMILES string of the molecule is CCNC(=NCCc1cn2ccccc2n1)N1CCN(c2ccc(OC)cc2)CC1. The van der Waals surface area contributed by atoms with Crippen molar-refractivity contribution in [1.82, 2.24) is 19.6 Å². The number of nitrogens with zero attached hydrogens (tertiary/aromatic N) is 5. The maximum atomic E-state index is 5.26. The van der Waals surface area contributed by atoms with E-state index in [2.05, 4.69) is 49.8 Å². The standard InChI is InChI=1S/C23H30N6O/c1-3-24-23(25-12-11-19-18-29-13-5-4-6-22(29)26-19)28-16-14-27(15-17-28)20-7-9-21(30-2)10-8-20/h4-10,13,18H,3,11-12,14-17H2,1-2H3,(H,24,25). The number of hydrogen-bond donors (Lipinski definition) is 1. The predicted molar refractivity (Wildman–Crippen MR) is 122 cm³/mol. The van der Waals surface area contributed by atoms with E-state index in [1.165, 1.54) is 5.69 Å². The van der Waals surface area contributed by atoms with Crippen LogP contribution in [0.25, 0.3) is 5.65 Å². The number of piperazine rings is 1. The number of pyridine rings is 1. The largest absolute Gasteiger partial charge is 0.497 e. The Hall–Kier alpha value is -3.22. The molecule has 0 saturated carbocycles. The first kappa shape index (κ1) is 20.1. The molecule has 0 bridgehead atoms. The third-order valence-electron chi connectivity index (χ3n) is 5.40. The van der Waals surface area contributed by atoms with Crippen LogP contribution in [-0.2, 0) is 6.42 Å². The summed E-state index contributed by atoms with van der Waals surface area (Å²) in [5.74, 6) is 1.89. The van der Waals surface area contributed by atoms with Crippen LogP contribution in [0.3, 0.4) is 0 Å². The number of guanidine groups is 1. The molecule has 0 spiro atoms. The summed E-state index contributed by atoms with van der Waals surface area (Å²) >= 11 is 0. The zero-order valence-corrected chi connectivity index (χ0v) is 17.8. The molecule has 3 heterocycles. The van der Waals surface area contributed by atoms with Crippen molar-refractivity contribution in [3.05, 3.63) is 60.6 Å². The van der Waals surface area contributed by atoms with Crippen LogP contribution in [0, 0.1) is 0 Å². The zero-order valence-electron chi connectivity index (χ0n) is 17.8. The number of fused-ring (bicyclic) bond motifs is 1. The molecule has 4 rings (SSSR count). The normalized spacial score (nSPS) is 14.9. The maximum Gasteiger partial charge on any atom is 0.194 e. The molecule has 0 aliphatic carbocycles. The molecule has 7 heteroatoms. The zero-order chi connectivity index (χ0) is 20.8. The third-order valence-corrected chi connectivity index (χ3v) is 5.40. The maximum absolute atomic E-state index is 5.26. The van der Waals surface area contributed by atoms with Gasteiger partial charge >= 0.3 is 0 Å². The van der Waals surface area contributed by atoms with Gasteiger partial charge in [0.15, 0.2) is 5.96 Å². The number of aliphatic imine (C=N–C) groups is 1. The van der Waals surface area contributed by atoms with Crippen molar-refractivity contribution in [1.29, 1.82) is 0 Å². The van der Waals surface area contributed by atoms with E-state index in [0.29, 0.717) is 0 Å². The van der Waals surface area contributed by atoms with Crippen LogP contribution in [0.5, 0.6) is 5.75 Å². The van der Waals surface area contributed by atoms with E-state index in [1.807, 2.05) is 36.5 Å². The highest BCUT2D eigenvalue weighted by molar-refractivity contribution is 5.80. The summed E-state index contributed by atoms with van der Waals surface area (Å²) in [6.07, 6.45) is 4.95. The van der Waals surface area contributed by atoms with Crippen molar-refractivity contribution < 1.29 is 4.74 Å². The molecule has 30 heavy (non-hydrogen) atoms. The number of imidazole rings is 1. The highest BCUT2D eigenvalue weighted by Crippen LogP contribution is 2.20. The minimum Gasteiger partial charge on any atom is -0.497 e. The quantitative estimate of drug-likeness (QED) is 0.504. The van der Waals surface area contributed by atoms with Gasteiger partial charge in [-0.1, -0.05) is 6.07 Å². The van der Waals surface area contributed by atoms with Crippen LogP contribution in [0.1, 0.15) is 12.6 Å². The van der Waals surface area contributed by atoms with Gasteiger partial charge in [0.2, 0.25) is 0 Å². The summed E-state index contributed by atoms with van der Waals surface area (Å²) in [4.78, 5) is 14.3. The molecule has 0 atom stereocenters. The van der Waals surface area contributed by atoms with Gasteiger partial charge in [0.05, 0.1) is 12.8 Å². The fourth-order valence-electron chi connectivity index (χ4n) is 3.78. The van der Waals surface area contributed by atoms with Gasteiger partial charge < -0.3 is 24.3 Å². The van der Waals surface area contributed by atoms with Crippen molar-refractivity contribution in [2.45, 2.75) is 13.3 Å². The Morgan fingerprint density at radius 3 is 2.60 bits per heavy atom. The topological polar surface area (TPSA) is 57.4 Å². The molecule has 1 aliphatic rings. The second kappa shape index (κ2) is 9.52. The van der Waals surface area contributed by atoms with Gasteiger partial charge in [-0.05, 0) is 43.3 Å². The molecule has 1 fully saturated rings. The van der Waals surface area contributed by atoms with Crippen molar-refractivity contribution in [3.63, 3.8) is 0 Å². The summed E-state index contributed by atoms with van der Waals surface area (Å²) in [5, 5.41) is 3.45. The molecule has 1 N–H and O–H groups in total. The lowest BCUT2D eigenvalue weighted by atomic mass is 10.2. The number of hydrogen-bond acceptors (Lipinski definition) is 4. The van der Waals surface area contributed by atoms with E-state index in [4.69, 9.17) is 9.73 Å². The first-order valence-electron chi connectivity index (χ1n) is 10.6. The van der Waals surface area contributed by atoms with Gasteiger partial charge in [0.25, 0.3) is 0 Å². The monoisotopic (exact) mass is 406 g/mol. The summed E-state index contributed by atoms with van der Waals surface area (Å²) in [7, 11) is 1.70. The molecule has 1 saturated heterocycles. The highest BCUT2D eigenvalue weighted by Gasteiger charge is 2.19. The van der Waals surface area contributed by atoms with Crippen molar-refractivity contribution in [2.75, 3.05) is 51.3 Å². The lowest BCUT2D eigenvalue weighted by molar-refractivity contribution is 0.372. The van der Waals surface area contributed by atoms with Crippen LogP contribution in [0.2, 0.25) is 0 Å². The van der Waals surface area contributed by atoms with Gasteiger partial charge in [-0.15, -0.1) is 0 Å². The average molecular weight is 407 g/mol. The van der Waals surface area contributed by atoms with Gasteiger partial charge in [0, 0.05) is 63.8 Å². The van der Waals surface area contributed by atoms with Crippen molar-refractivity contribution in [2.24, 2.45) is 4.99 Å². The first-order chi connectivity index (χ1) is 14.8. The second-order valence-corrected chi connectivity index (χ2v) is 7.36. The lowest BCUT2D eigenvalue weighted by Crippen LogP contribution is -2.52. The number of methoxy groups -OCH3 is 1. The molecule has 7 nitrogen and oxygen atoms in total. The summed E-state index contributed by atoms with van der Waals surface area (Å²) < 4.78 is 7.32. The van der Waals surface area contributed by atoms with Crippen LogP contribution >= 0.6 is 0 Å². The van der Waals surface area contributed by atoms with Crippen LogP contribution in [0.4, 0.5) is 5.69 Å². The van der Waals surface area contributed by atoms with E-state index in [-0.39, 0.29) is 0 Å². The van der Waals surface area contributed by atoms with Crippen LogP contribution in [0.15, 0.2) is 59.9 Å². The van der Waals surface area contributed by atoms with Gasteiger partial charge in [0.1, 0.15) is 11.4 Å². The van der Waals surface area contributed by atoms with Crippen LogP contribution < -0.4 is 15.0 Å². The number of benzene rings is 1. The smallest absolute Gasteiger partial charge is 0.194 e. The van der Waals surface area contributed by atoms with Gasteiger partial charge in [-0.25, -0.2) is 4.98 Å². The Bertz CT molecular complexity index is 940. The first-order valence-corrected chi connectivity index (χ1v) is 10.6. The fourth-order valence-corrected chi connectivity index (χ4v) is 3.78. The summed E-state index contributed by atoms with van der Waals surface area (Å²) in [6.45, 7) is 7.56. The molecule has 158 valence electrons. The summed E-state index contributed by atoms with van der Waals surface area (Å²) in [6, 6.07) is 14.4. The van der Waals surface area contributed by atoms with Gasteiger partial charge in [-0.3, -0.25) is 4.99 Å². The lowest BCUT2D eigenvalue weighted by Gasteiger charge is -2.37. The number of anilines is 1. The highest BCUT2D eigenvalue weighted by atomic mass is 16.5. The fraction of sp³-hybridized carbons (Fsp3) is 0.391. The Kier molecular flexibility index (Phi) is 6.37. The van der Waals surface area contributed by atoms with E-state index in [0.717, 1.165) is 68.7 Å². The summed E-state index contributed by atoms with van der Waals surface area (Å²) in [5.41, 5.74) is 3.30. The number of nitrogens with one attached hydrogen (secondary N) is 1. The molecular weight excluding hydrogens is 376 g/mol.